The molecule has 0 aliphatic heterocycles. The molecule has 0 aromatic carbocycles. The van der Waals surface area contributed by atoms with Crippen LogP contribution in [-0.2, 0) is 0 Å². The van der Waals surface area contributed by atoms with E-state index in [4.69, 9.17) is 0 Å². The Labute approximate surface area is 271 Å². The zero-order chi connectivity index (χ0) is 33.6. The van der Waals surface area contributed by atoms with Gasteiger partial charge in [0.1, 0.15) is 0 Å². The monoisotopic (exact) mass is 613 g/mol. The fourth-order valence-corrected chi connectivity index (χ4v) is 35.9. The van der Waals surface area contributed by atoms with E-state index in [0.717, 1.165) is 0 Å². The maximum absolute atomic E-state index is 4.43. The maximum atomic E-state index is 4.43. The Kier molecular flexibility index (Phi) is 12.7. The topological polar surface area (TPSA) is 0 Å². The summed E-state index contributed by atoms with van der Waals surface area (Å²) in [6, 6.07) is 0. The van der Waals surface area contributed by atoms with Gasteiger partial charge in [0.25, 0.3) is 0 Å². The minimum absolute atomic E-state index is 0.0446. The molecular weight excluding hydrogens is 538 g/mol. The summed E-state index contributed by atoms with van der Waals surface area (Å²) in [5.74, 6) is 3.99. The lowest BCUT2D eigenvalue weighted by Crippen LogP contribution is -2.61. The minimum atomic E-state index is -2.67. The second-order valence-electron chi connectivity index (χ2n) is 21.8. The third kappa shape index (κ3) is 12.0. The van der Waals surface area contributed by atoms with Crippen LogP contribution in [0, 0.1) is 27.7 Å². The van der Waals surface area contributed by atoms with Crippen LogP contribution in [0.4, 0.5) is 0 Å². The molecule has 0 aromatic rings. The summed E-state index contributed by atoms with van der Waals surface area (Å²) in [4.78, 5) is 0. The molecule has 0 N–H and O–H groups in total. The molecule has 3 heteroatoms. The molecule has 0 saturated heterocycles. The summed E-state index contributed by atoms with van der Waals surface area (Å²) in [6.07, 6.45) is 5.59. The summed E-state index contributed by atoms with van der Waals surface area (Å²) in [6.45, 7) is 59.7. The van der Waals surface area contributed by atoms with Gasteiger partial charge in [0.05, 0.1) is 0 Å². The Hall–Kier alpha value is 0.322. The van der Waals surface area contributed by atoms with Crippen molar-refractivity contribution in [3.05, 3.63) is 20.3 Å². The van der Waals surface area contributed by atoms with Gasteiger partial charge in [-0.15, -0.1) is 19.6 Å². The highest BCUT2D eigenvalue weighted by atomic mass is 28.3. The fourth-order valence-electron chi connectivity index (χ4n) is 7.86. The van der Waals surface area contributed by atoms with Gasteiger partial charge in [-0.25, -0.2) is 0 Å². The molecule has 0 amide bonds. The third-order valence-electron chi connectivity index (χ3n) is 7.88. The molecule has 1 atom stereocenters. The van der Waals surface area contributed by atoms with Crippen molar-refractivity contribution in [3.8, 4) is 11.5 Å². The summed E-state index contributed by atoms with van der Waals surface area (Å²) in [7, 11) is -2.67. The zero-order valence-electron chi connectivity index (χ0n) is 32.8. The molecule has 0 spiro atoms. The Morgan fingerprint density at radius 1 is 0.439 bits per heavy atom. The third-order valence-corrected chi connectivity index (χ3v) is 25.5. The van der Waals surface area contributed by atoms with Crippen LogP contribution in [0.3, 0.4) is 0 Å². The SMILES string of the molecule is CC(C)(C)C#C[Si]([C](=CC(C)(C)C)[Al]([C](C)(C)C)[C](C)(C)C)(/[C](=C/C(C)(C)C)[Al]([C](C)(C)C)[C](C)(C)C)C(C)(C)C. The van der Waals surface area contributed by atoms with Crippen LogP contribution in [0.5, 0.6) is 0 Å². The Morgan fingerprint density at radius 2 is 0.683 bits per heavy atom. The van der Waals surface area contributed by atoms with Crippen molar-refractivity contribution in [2.75, 3.05) is 0 Å². The lowest BCUT2D eigenvalue weighted by atomic mass is 9.97. The number of hydrogen-bond acceptors (Lipinski definition) is 0. The molecule has 0 aromatic heterocycles. The van der Waals surface area contributed by atoms with E-state index in [1.54, 1.807) is 0 Å². The van der Waals surface area contributed by atoms with Gasteiger partial charge in [-0.05, 0) is 36.6 Å². The maximum Gasteiger partial charge on any atom is 0.307 e. The highest BCUT2D eigenvalue weighted by Gasteiger charge is 2.61. The summed E-state index contributed by atoms with van der Waals surface area (Å²) in [5, 5.41) is 0.0446. The molecule has 1 unspecified atom stereocenters. The van der Waals surface area contributed by atoms with Gasteiger partial charge in [-0.2, -0.15) is 0 Å². The second kappa shape index (κ2) is 12.6. The first kappa shape index (κ1) is 41.3. The molecule has 236 valence electrons. The number of hydrogen-bond donors (Lipinski definition) is 0. The van der Waals surface area contributed by atoms with Crippen molar-refractivity contribution >= 4 is 36.4 Å². The normalized spacial score (nSPS) is 17.1. The number of rotatable bonds is 4. The van der Waals surface area contributed by atoms with E-state index in [0.29, 0.717) is 0 Å². The van der Waals surface area contributed by atoms with Gasteiger partial charge >= 0.3 is 28.3 Å². The predicted octanol–water partition coefficient (Wildman–Crippen LogP) is 13.1. The van der Waals surface area contributed by atoms with Crippen molar-refractivity contribution in [1.82, 2.24) is 0 Å². The highest BCUT2D eigenvalue weighted by Crippen LogP contribution is 2.59. The average molecular weight is 613 g/mol. The van der Waals surface area contributed by atoms with E-state index in [-0.39, 0.29) is 38.4 Å². The summed E-state index contributed by atoms with van der Waals surface area (Å²) < 4.78 is 4.59. The van der Waals surface area contributed by atoms with Gasteiger partial charge in [0.15, 0.2) is 8.07 Å². The summed E-state index contributed by atoms with van der Waals surface area (Å²) >= 11 is -3.21. The summed E-state index contributed by atoms with van der Waals surface area (Å²) in [5.41, 5.74) is 4.54. The van der Waals surface area contributed by atoms with Gasteiger partial charge in [-0.1, -0.05) is 175 Å². The Morgan fingerprint density at radius 3 is 0.829 bits per heavy atom. The first-order valence-electron chi connectivity index (χ1n) is 16.4. The average Bonchev–Trinajstić information content (AvgIpc) is 2.51. The molecule has 0 heterocycles. The molecule has 0 aliphatic rings. The van der Waals surface area contributed by atoms with Crippen molar-refractivity contribution in [2.45, 2.75) is 188 Å². The lowest BCUT2D eigenvalue weighted by Gasteiger charge is -2.54. The molecule has 41 heavy (non-hydrogen) atoms. The van der Waals surface area contributed by atoms with Gasteiger partial charge < -0.3 is 0 Å². The molecule has 0 rings (SSSR count). The van der Waals surface area contributed by atoms with E-state index in [9.17, 15) is 0 Å². The van der Waals surface area contributed by atoms with E-state index < -0.39 is 36.4 Å². The fraction of sp³-hybridized carbons (Fsp3) is 0.842. The molecule has 0 fully saturated rings. The standard InChI is InChI=1S/C22H38Si.4C4H9.2Al/c1-19(2,3)13-16-23(22(10,11)12,17-14-20(4,5)6)18-15-21(7,8)9;4*1-4(2)3;;/h13-14H,1-12H3;4*1-3H3;;. The van der Waals surface area contributed by atoms with Crippen LogP contribution < -0.4 is 0 Å². The quantitative estimate of drug-likeness (QED) is 0.219. The highest BCUT2D eigenvalue weighted by molar-refractivity contribution is 7.18. The van der Waals surface area contributed by atoms with Gasteiger partial charge in [0, 0.05) is 5.41 Å². The Bertz CT molecular complexity index is 915. The van der Waals surface area contributed by atoms with Crippen molar-refractivity contribution in [1.29, 1.82) is 0 Å². The van der Waals surface area contributed by atoms with Gasteiger partial charge in [0.2, 0.25) is 0 Å². The Balaban J connectivity index is 9.30. The largest absolute Gasteiger partial charge is 0.307 e. The van der Waals surface area contributed by atoms with Crippen LogP contribution in [0.1, 0.15) is 166 Å². The molecule has 0 aliphatic carbocycles. The van der Waals surface area contributed by atoms with Crippen molar-refractivity contribution < 1.29 is 0 Å². The molecule has 0 saturated carbocycles. The van der Waals surface area contributed by atoms with Crippen molar-refractivity contribution in [2.24, 2.45) is 16.2 Å². The first-order valence-corrected chi connectivity index (χ1v) is 21.9. The van der Waals surface area contributed by atoms with E-state index >= 15 is 0 Å². The van der Waals surface area contributed by atoms with Crippen LogP contribution in [-0.4, -0.2) is 36.4 Å². The van der Waals surface area contributed by atoms with E-state index in [1.165, 1.54) is 0 Å². The number of allylic oxidation sites excluding steroid dienone is 2. The molecule has 0 radical (unpaired) electrons. The van der Waals surface area contributed by atoms with Gasteiger partial charge in [-0.3, -0.25) is 0 Å². The smallest absolute Gasteiger partial charge is 0.128 e. The van der Waals surface area contributed by atoms with Crippen molar-refractivity contribution in [3.63, 3.8) is 0 Å². The molecule has 0 bridgehead atoms. The van der Waals surface area contributed by atoms with Crippen LogP contribution in [0.25, 0.3) is 0 Å². The predicted molar refractivity (Wildman–Crippen MR) is 198 cm³/mol. The zero-order valence-corrected chi connectivity index (χ0v) is 36.1. The van der Waals surface area contributed by atoms with Crippen LogP contribution in [0.15, 0.2) is 20.3 Å². The lowest BCUT2D eigenvalue weighted by molar-refractivity contribution is 0.540. The van der Waals surface area contributed by atoms with E-state index in [2.05, 4.69) is 190 Å². The second-order valence-corrected chi connectivity index (χ2v) is 37.2. The minimum Gasteiger partial charge on any atom is -0.128 e. The van der Waals surface area contributed by atoms with Crippen LogP contribution >= 0.6 is 0 Å². The van der Waals surface area contributed by atoms with Crippen LogP contribution in [0.2, 0.25) is 22.1 Å². The van der Waals surface area contributed by atoms with E-state index in [1.807, 2.05) is 8.12 Å². The molecule has 0 nitrogen and oxygen atoms in total. The first-order chi connectivity index (χ1) is 17.4. The molecular formula is C38H74Al2Si.